The van der Waals surface area contributed by atoms with Crippen LogP contribution in [0.5, 0.6) is 0 Å². The SMILES string of the molecule is CN(C)CCCNc1nc(Nc2c(F)ccc(F)c2F)cc(C(F)(F)F)n1. The highest BCUT2D eigenvalue weighted by molar-refractivity contribution is 5.59. The molecule has 0 unspecified atom stereocenters. The molecule has 0 aliphatic carbocycles. The molecule has 0 aliphatic rings. The summed E-state index contributed by atoms with van der Waals surface area (Å²) in [6, 6.07) is 1.69. The van der Waals surface area contributed by atoms with Crippen molar-refractivity contribution >= 4 is 17.5 Å². The van der Waals surface area contributed by atoms with Gasteiger partial charge >= 0.3 is 6.18 Å². The molecule has 1 heterocycles. The summed E-state index contributed by atoms with van der Waals surface area (Å²) < 4.78 is 79.9. The first kappa shape index (κ1) is 20.7. The van der Waals surface area contributed by atoms with Crippen LogP contribution in [-0.2, 0) is 6.18 Å². The molecule has 0 saturated heterocycles. The molecule has 0 amide bonds. The Morgan fingerprint density at radius 2 is 1.70 bits per heavy atom. The standard InChI is InChI=1S/C16H17F6N5/c1-27(2)7-3-6-23-15-24-11(16(20,21)22)8-12(26-15)25-14-10(18)5-4-9(17)13(14)19/h4-5,8H,3,6-7H2,1-2H3,(H2,23,24,25,26). The number of hydrogen-bond donors (Lipinski definition) is 2. The smallest absolute Gasteiger partial charge is 0.354 e. The summed E-state index contributed by atoms with van der Waals surface area (Å²) in [5.41, 5.74) is -2.26. The monoisotopic (exact) mass is 393 g/mol. The maximum absolute atomic E-state index is 13.7. The fraction of sp³-hybridized carbons (Fsp3) is 0.375. The summed E-state index contributed by atoms with van der Waals surface area (Å²) in [6.45, 7) is 0.957. The molecule has 0 atom stereocenters. The number of nitrogens with zero attached hydrogens (tertiary/aromatic N) is 3. The van der Waals surface area contributed by atoms with E-state index in [1.807, 2.05) is 19.0 Å². The van der Waals surface area contributed by atoms with E-state index in [1.165, 1.54) is 0 Å². The van der Waals surface area contributed by atoms with Crippen molar-refractivity contribution in [2.45, 2.75) is 12.6 Å². The third-order valence-corrected chi connectivity index (χ3v) is 3.38. The summed E-state index contributed by atoms with van der Waals surface area (Å²) in [5, 5.41) is 4.68. The maximum Gasteiger partial charge on any atom is 0.433 e. The molecule has 2 rings (SSSR count). The van der Waals surface area contributed by atoms with Gasteiger partial charge in [-0.2, -0.15) is 18.2 Å². The molecule has 1 aromatic heterocycles. The minimum atomic E-state index is -4.81. The van der Waals surface area contributed by atoms with Crippen LogP contribution in [0.1, 0.15) is 12.1 Å². The quantitative estimate of drug-likeness (QED) is 0.423. The average Bonchev–Trinajstić information content (AvgIpc) is 2.58. The third kappa shape index (κ3) is 5.71. The van der Waals surface area contributed by atoms with Crippen LogP contribution < -0.4 is 10.6 Å². The van der Waals surface area contributed by atoms with Gasteiger partial charge in [0.25, 0.3) is 0 Å². The fourth-order valence-corrected chi connectivity index (χ4v) is 2.10. The predicted molar refractivity (Wildman–Crippen MR) is 88.3 cm³/mol. The number of alkyl halides is 3. The highest BCUT2D eigenvalue weighted by atomic mass is 19.4. The van der Waals surface area contributed by atoms with Crippen LogP contribution in [-0.4, -0.2) is 42.1 Å². The molecule has 2 N–H and O–H groups in total. The second kappa shape index (κ2) is 8.42. The highest BCUT2D eigenvalue weighted by Gasteiger charge is 2.34. The summed E-state index contributed by atoms with van der Waals surface area (Å²) in [4.78, 5) is 9.02. The number of benzene rings is 1. The second-order valence-electron chi connectivity index (χ2n) is 5.89. The van der Waals surface area contributed by atoms with Gasteiger partial charge in [0.15, 0.2) is 17.3 Å². The summed E-state index contributed by atoms with van der Waals surface area (Å²) in [5.74, 6) is -5.01. The van der Waals surface area contributed by atoms with E-state index in [1.54, 1.807) is 0 Å². The molecular formula is C16H17F6N5. The normalized spacial score (nSPS) is 11.7. The average molecular weight is 393 g/mol. The van der Waals surface area contributed by atoms with Crippen LogP contribution in [0.4, 0.5) is 43.8 Å². The molecule has 0 fully saturated rings. The molecule has 0 spiro atoms. The first-order chi connectivity index (χ1) is 12.6. The first-order valence-electron chi connectivity index (χ1n) is 7.83. The van der Waals surface area contributed by atoms with Crippen molar-refractivity contribution < 1.29 is 26.3 Å². The van der Waals surface area contributed by atoms with E-state index >= 15 is 0 Å². The third-order valence-electron chi connectivity index (χ3n) is 3.38. The number of halogens is 6. The van der Waals surface area contributed by atoms with Gasteiger partial charge in [-0.15, -0.1) is 0 Å². The van der Waals surface area contributed by atoms with Crippen LogP contribution in [0.25, 0.3) is 0 Å². The van der Waals surface area contributed by atoms with Gasteiger partial charge < -0.3 is 15.5 Å². The lowest BCUT2D eigenvalue weighted by Crippen LogP contribution is -2.18. The number of aromatic nitrogens is 2. The first-order valence-corrected chi connectivity index (χ1v) is 7.83. The highest BCUT2D eigenvalue weighted by Crippen LogP contribution is 2.31. The molecule has 0 radical (unpaired) electrons. The Morgan fingerprint density at radius 1 is 1.04 bits per heavy atom. The van der Waals surface area contributed by atoms with Gasteiger partial charge in [-0.3, -0.25) is 0 Å². The van der Waals surface area contributed by atoms with Gasteiger partial charge in [-0.1, -0.05) is 0 Å². The van der Waals surface area contributed by atoms with Crippen molar-refractivity contribution in [3.05, 3.63) is 41.3 Å². The Kier molecular flexibility index (Phi) is 6.47. The lowest BCUT2D eigenvalue weighted by molar-refractivity contribution is -0.141. The summed E-state index contributed by atoms with van der Waals surface area (Å²) in [6.07, 6.45) is -4.21. The number of hydrogen-bond acceptors (Lipinski definition) is 5. The van der Waals surface area contributed by atoms with Gasteiger partial charge in [-0.25, -0.2) is 18.2 Å². The fourth-order valence-electron chi connectivity index (χ4n) is 2.10. The Labute approximate surface area is 151 Å². The Bertz CT molecular complexity index is 794. The van der Waals surface area contributed by atoms with E-state index in [2.05, 4.69) is 20.6 Å². The lowest BCUT2D eigenvalue weighted by Gasteiger charge is -2.14. The molecule has 2 aromatic rings. The van der Waals surface area contributed by atoms with Gasteiger partial charge in [0, 0.05) is 12.6 Å². The second-order valence-corrected chi connectivity index (χ2v) is 5.89. The molecule has 0 bridgehead atoms. The van der Waals surface area contributed by atoms with Crippen molar-refractivity contribution in [1.29, 1.82) is 0 Å². The van der Waals surface area contributed by atoms with Crippen LogP contribution in [0.3, 0.4) is 0 Å². The molecular weight excluding hydrogens is 376 g/mol. The Balaban J connectivity index is 2.30. The van der Waals surface area contributed by atoms with E-state index in [4.69, 9.17) is 0 Å². The largest absolute Gasteiger partial charge is 0.433 e. The maximum atomic E-state index is 13.7. The zero-order valence-corrected chi connectivity index (χ0v) is 14.5. The molecule has 0 saturated carbocycles. The van der Waals surface area contributed by atoms with E-state index < -0.39 is 40.8 Å². The molecule has 148 valence electrons. The van der Waals surface area contributed by atoms with E-state index in [9.17, 15) is 26.3 Å². The number of rotatable bonds is 7. The zero-order chi connectivity index (χ0) is 20.2. The molecule has 27 heavy (non-hydrogen) atoms. The van der Waals surface area contributed by atoms with Crippen molar-refractivity contribution in [2.75, 3.05) is 37.8 Å². The van der Waals surface area contributed by atoms with Crippen molar-refractivity contribution in [3.8, 4) is 0 Å². The van der Waals surface area contributed by atoms with Gasteiger partial charge in [0.2, 0.25) is 5.95 Å². The van der Waals surface area contributed by atoms with Crippen LogP contribution in [0.15, 0.2) is 18.2 Å². The van der Waals surface area contributed by atoms with Crippen LogP contribution >= 0.6 is 0 Å². The molecule has 11 heteroatoms. The van der Waals surface area contributed by atoms with E-state index in [0.29, 0.717) is 31.2 Å². The molecule has 5 nitrogen and oxygen atoms in total. The minimum Gasteiger partial charge on any atom is -0.354 e. The summed E-state index contributed by atoms with van der Waals surface area (Å²) in [7, 11) is 3.68. The molecule has 0 aliphatic heterocycles. The van der Waals surface area contributed by atoms with Crippen molar-refractivity contribution in [1.82, 2.24) is 14.9 Å². The van der Waals surface area contributed by atoms with E-state index in [-0.39, 0.29) is 12.5 Å². The van der Waals surface area contributed by atoms with Crippen molar-refractivity contribution in [2.24, 2.45) is 0 Å². The zero-order valence-electron chi connectivity index (χ0n) is 14.5. The Morgan fingerprint density at radius 3 is 2.33 bits per heavy atom. The Hall–Kier alpha value is -2.56. The van der Waals surface area contributed by atoms with Crippen LogP contribution in [0, 0.1) is 17.5 Å². The summed E-state index contributed by atoms with van der Waals surface area (Å²) >= 11 is 0. The molecule has 1 aromatic carbocycles. The van der Waals surface area contributed by atoms with Gasteiger partial charge in [0.1, 0.15) is 17.3 Å². The number of anilines is 3. The van der Waals surface area contributed by atoms with Gasteiger partial charge in [0.05, 0.1) is 0 Å². The predicted octanol–water partition coefficient (Wildman–Crippen LogP) is 4.02. The topological polar surface area (TPSA) is 53.1 Å². The minimum absolute atomic E-state index is 0.279. The van der Waals surface area contributed by atoms with Gasteiger partial charge in [-0.05, 0) is 39.2 Å². The lowest BCUT2D eigenvalue weighted by atomic mass is 10.2. The van der Waals surface area contributed by atoms with Crippen LogP contribution in [0.2, 0.25) is 0 Å². The van der Waals surface area contributed by atoms with Crippen molar-refractivity contribution in [3.63, 3.8) is 0 Å². The number of nitrogens with one attached hydrogen (secondary N) is 2. The van der Waals surface area contributed by atoms with E-state index in [0.717, 1.165) is 0 Å².